The molecule has 0 atom stereocenters. The molecule has 94 valence electrons. The Morgan fingerprint density at radius 3 is 2.67 bits per heavy atom. The van der Waals surface area contributed by atoms with Crippen LogP contribution < -0.4 is 4.74 Å². The molecule has 0 aliphatic rings. The van der Waals surface area contributed by atoms with Crippen molar-refractivity contribution in [3.8, 4) is 17.1 Å². The summed E-state index contributed by atoms with van der Waals surface area (Å²) in [4.78, 5) is 8.70. The third kappa shape index (κ3) is 2.82. The molecule has 0 unspecified atom stereocenters. The Balaban J connectivity index is 2.48. The average Bonchev–Trinajstić information content (AvgIpc) is 2.37. The number of halogens is 2. The number of hydrogen-bond donors (Lipinski definition) is 0. The molecule has 3 nitrogen and oxygen atoms in total. The molecule has 1 heterocycles. The predicted octanol–water partition coefficient (Wildman–Crippen LogP) is 4.13. The van der Waals surface area contributed by atoms with Gasteiger partial charge < -0.3 is 4.74 Å². The molecule has 0 fully saturated rings. The molecule has 0 amide bonds. The maximum atomic E-state index is 5.99. The quantitative estimate of drug-likeness (QED) is 0.795. The summed E-state index contributed by atoms with van der Waals surface area (Å²) in [6.45, 7) is 2.03. The van der Waals surface area contributed by atoms with Crippen molar-refractivity contribution < 1.29 is 4.74 Å². The van der Waals surface area contributed by atoms with E-state index in [-0.39, 0.29) is 0 Å². The highest BCUT2D eigenvalue weighted by Crippen LogP contribution is 2.29. The average molecular weight is 328 g/mol. The summed E-state index contributed by atoms with van der Waals surface area (Å²) in [7, 11) is 1.63. The van der Waals surface area contributed by atoms with Crippen LogP contribution in [0.25, 0.3) is 11.4 Å². The van der Waals surface area contributed by atoms with Gasteiger partial charge in [-0.05, 0) is 46.6 Å². The molecule has 2 aromatic rings. The minimum Gasteiger partial charge on any atom is -0.496 e. The van der Waals surface area contributed by atoms with Gasteiger partial charge in [-0.1, -0.05) is 18.5 Å². The van der Waals surface area contributed by atoms with E-state index in [1.54, 1.807) is 13.2 Å². The van der Waals surface area contributed by atoms with Gasteiger partial charge in [0.15, 0.2) is 5.82 Å². The Morgan fingerprint density at radius 2 is 2.06 bits per heavy atom. The van der Waals surface area contributed by atoms with Gasteiger partial charge in [0.1, 0.15) is 10.9 Å². The first-order valence-corrected chi connectivity index (χ1v) is 6.68. The molecule has 1 aromatic heterocycles. The molecule has 0 saturated heterocycles. The molecular formula is C13H12BrClN2O. The van der Waals surface area contributed by atoms with Crippen molar-refractivity contribution >= 4 is 27.5 Å². The fourth-order valence-corrected chi connectivity index (χ4v) is 2.33. The maximum absolute atomic E-state index is 5.99. The zero-order chi connectivity index (χ0) is 13.1. The van der Waals surface area contributed by atoms with Crippen LogP contribution in [0.4, 0.5) is 0 Å². The minimum atomic E-state index is 0.462. The lowest BCUT2D eigenvalue weighted by Crippen LogP contribution is -1.95. The molecule has 0 saturated carbocycles. The number of hydrogen-bond acceptors (Lipinski definition) is 3. The van der Waals surface area contributed by atoms with E-state index in [1.807, 2.05) is 25.1 Å². The number of aromatic nitrogens is 2. The van der Waals surface area contributed by atoms with Crippen molar-refractivity contribution in [2.45, 2.75) is 13.3 Å². The summed E-state index contributed by atoms with van der Waals surface area (Å²) in [6.07, 6.45) is 0.826. The Hall–Kier alpha value is -1.13. The van der Waals surface area contributed by atoms with Gasteiger partial charge >= 0.3 is 0 Å². The maximum Gasteiger partial charge on any atom is 0.161 e. The molecule has 18 heavy (non-hydrogen) atoms. The van der Waals surface area contributed by atoms with Gasteiger partial charge in [-0.2, -0.15) is 0 Å². The van der Waals surface area contributed by atoms with E-state index in [0.717, 1.165) is 27.9 Å². The lowest BCUT2D eigenvalue weighted by molar-refractivity contribution is 0.412. The van der Waals surface area contributed by atoms with E-state index in [2.05, 4.69) is 25.9 Å². The first-order chi connectivity index (χ1) is 8.63. The summed E-state index contributed by atoms with van der Waals surface area (Å²) in [5, 5.41) is 0.462. The summed E-state index contributed by atoms with van der Waals surface area (Å²) in [6, 6.07) is 7.48. The van der Waals surface area contributed by atoms with Gasteiger partial charge in [-0.15, -0.1) is 0 Å². The fraction of sp³-hybridized carbons (Fsp3) is 0.231. The lowest BCUT2D eigenvalue weighted by atomic mass is 10.2. The lowest BCUT2D eigenvalue weighted by Gasteiger charge is -2.07. The van der Waals surface area contributed by atoms with Crippen LogP contribution in [0.3, 0.4) is 0 Å². The van der Waals surface area contributed by atoms with Crippen molar-refractivity contribution in [3.05, 3.63) is 39.6 Å². The first-order valence-electron chi connectivity index (χ1n) is 5.51. The Morgan fingerprint density at radius 1 is 1.28 bits per heavy atom. The van der Waals surface area contributed by atoms with Crippen LogP contribution in [-0.4, -0.2) is 17.1 Å². The van der Waals surface area contributed by atoms with E-state index in [0.29, 0.717) is 11.0 Å². The van der Waals surface area contributed by atoms with Crippen LogP contribution in [0.2, 0.25) is 5.15 Å². The van der Waals surface area contributed by atoms with E-state index in [4.69, 9.17) is 16.3 Å². The molecule has 0 spiro atoms. The van der Waals surface area contributed by atoms with Crippen molar-refractivity contribution in [2.75, 3.05) is 7.11 Å². The standard InChI is InChI=1S/C13H12BrClN2O/c1-3-9-7-12(15)17-13(16-9)8-4-5-11(18-2)10(14)6-8/h4-7H,3H2,1-2H3. The van der Waals surface area contributed by atoms with E-state index in [9.17, 15) is 0 Å². The minimum absolute atomic E-state index is 0.462. The van der Waals surface area contributed by atoms with Crippen LogP contribution in [-0.2, 0) is 6.42 Å². The molecule has 0 aliphatic heterocycles. The van der Waals surface area contributed by atoms with Crippen molar-refractivity contribution in [1.82, 2.24) is 9.97 Å². The summed E-state index contributed by atoms with van der Waals surface area (Å²) >= 11 is 9.43. The van der Waals surface area contributed by atoms with Crippen molar-refractivity contribution in [3.63, 3.8) is 0 Å². The van der Waals surface area contributed by atoms with Crippen LogP contribution in [0.15, 0.2) is 28.7 Å². The third-order valence-corrected chi connectivity index (χ3v) is 3.33. The molecule has 2 rings (SSSR count). The van der Waals surface area contributed by atoms with Crippen molar-refractivity contribution in [1.29, 1.82) is 0 Å². The van der Waals surface area contributed by atoms with Gasteiger partial charge in [0.25, 0.3) is 0 Å². The topological polar surface area (TPSA) is 35.0 Å². The number of aryl methyl sites for hydroxylation is 1. The third-order valence-electron chi connectivity index (χ3n) is 2.52. The SMILES string of the molecule is CCc1cc(Cl)nc(-c2ccc(OC)c(Br)c2)n1. The molecule has 0 bridgehead atoms. The monoisotopic (exact) mass is 326 g/mol. The number of nitrogens with zero attached hydrogens (tertiary/aromatic N) is 2. The van der Waals surface area contributed by atoms with Crippen LogP contribution >= 0.6 is 27.5 Å². The van der Waals surface area contributed by atoms with Crippen LogP contribution in [0, 0.1) is 0 Å². The van der Waals surface area contributed by atoms with E-state index in [1.165, 1.54) is 0 Å². The van der Waals surface area contributed by atoms with Gasteiger partial charge in [0, 0.05) is 11.3 Å². The zero-order valence-corrected chi connectivity index (χ0v) is 12.4. The zero-order valence-electron chi connectivity index (χ0n) is 10.1. The number of ether oxygens (including phenoxy) is 1. The van der Waals surface area contributed by atoms with Crippen LogP contribution in [0.5, 0.6) is 5.75 Å². The highest BCUT2D eigenvalue weighted by atomic mass is 79.9. The number of methoxy groups -OCH3 is 1. The first kappa shape index (κ1) is 13.3. The van der Waals surface area contributed by atoms with Crippen molar-refractivity contribution in [2.24, 2.45) is 0 Å². The Labute approximate surface area is 119 Å². The molecule has 0 N–H and O–H groups in total. The van der Waals surface area contributed by atoms with Gasteiger partial charge in [-0.3, -0.25) is 0 Å². The second-order valence-electron chi connectivity index (χ2n) is 3.71. The molecule has 1 aromatic carbocycles. The number of rotatable bonds is 3. The highest BCUT2D eigenvalue weighted by Gasteiger charge is 2.08. The smallest absolute Gasteiger partial charge is 0.161 e. The molecule has 5 heteroatoms. The summed E-state index contributed by atoms with van der Waals surface area (Å²) in [5.41, 5.74) is 1.83. The van der Waals surface area contributed by atoms with E-state index < -0.39 is 0 Å². The second-order valence-corrected chi connectivity index (χ2v) is 4.95. The molecule has 0 radical (unpaired) electrons. The predicted molar refractivity (Wildman–Crippen MR) is 76.1 cm³/mol. The molecular weight excluding hydrogens is 316 g/mol. The normalized spacial score (nSPS) is 10.4. The largest absolute Gasteiger partial charge is 0.496 e. The Bertz CT molecular complexity index is 575. The van der Waals surface area contributed by atoms with Gasteiger partial charge in [0.2, 0.25) is 0 Å². The molecule has 0 aliphatic carbocycles. The Kier molecular flexibility index (Phi) is 4.19. The second kappa shape index (κ2) is 5.67. The fourth-order valence-electron chi connectivity index (χ4n) is 1.58. The van der Waals surface area contributed by atoms with E-state index >= 15 is 0 Å². The van der Waals surface area contributed by atoms with Gasteiger partial charge in [-0.25, -0.2) is 9.97 Å². The highest BCUT2D eigenvalue weighted by molar-refractivity contribution is 9.10. The van der Waals surface area contributed by atoms with Crippen LogP contribution in [0.1, 0.15) is 12.6 Å². The van der Waals surface area contributed by atoms with Gasteiger partial charge in [0.05, 0.1) is 11.6 Å². The number of benzene rings is 1. The summed E-state index contributed by atoms with van der Waals surface area (Å²) in [5.74, 6) is 1.40. The summed E-state index contributed by atoms with van der Waals surface area (Å²) < 4.78 is 6.06.